The lowest BCUT2D eigenvalue weighted by atomic mass is 10.2. The van der Waals surface area contributed by atoms with Gasteiger partial charge in [-0.15, -0.1) is 0 Å². The van der Waals surface area contributed by atoms with Crippen molar-refractivity contribution in [2.45, 2.75) is 51.0 Å². The zero-order chi connectivity index (χ0) is 11.1. The van der Waals surface area contributed by atoms with Gasteiger partial charge in [0.05, 0.1) is 0 Å². The van der Waals surface area contributed by atoms with E-state index in [9.17, 15) is 0 Å². The number of aryl methyl sites for hydroxylation is 1. The number of hydrogen-bond donors (Lipinski definition) is 1. The Kier molecular flexibility index (Phi) is 5.81. The average Bonchev–Trinajstić information content (AvgIpc) is 3.02. The molecule has 1 aliphatic rings. The van der Waals surface area contributed by atoms with E-state index in [2.05, 4.69) is 49.8 Å². The van der Waals surface area contributed by atoms with Crippen LogP contribution in [0.3, 0.4) is 0 Å². The van der Waals surface area contributed by atoms with Crippen LogP contribution in [0.15, 0.2) is 29.2 Å². The van der Waals surface area contributed by atoms with Crippen molar-refractivity contribution >= 4 is 11.9 Å². The van der Waals surface area contributed by atoms with E-state index in [0.29, 0.717) is 0 Å². The van der Waals surface area contributed by atoms with Crippen LogP contribution in [0.5, 0.6) is 0 Å². The minimum atomic E-state index is 0.774. The quantitative estimate of drug-likeness (QED) is 0.772. The van der Waals surface area contributed by atoms with Gasteiger partial charge in [0.15, 0.2) is 0 Å². The Morgan fingerprint density at radius 1 is 1.20 bits per heavy atom. The van der Waals surface area contributed by atoms with Crippen molar-refractivity contribution in [3.8, 4) is 0 Å². The lowest BCUT2D eigenvalue weighted by Gasteiger charge is -2.01. The molecule has 2 rings (SSSR count). The van der Waals surface area contributed by atoms with E-state index in [4.69, 9.17) is 0 Å². The van der Waals surface area contributed by atoms with E-state index in [1.807, 2.05) is 0 Å². The summed E-state index contributed by atoms with van der Waals surface area (Å²) in [7, 11) is 0. The molecule has 1 nitrogen and oxygen atoms in total. The van der Waals surface area contributed by atoms with Gasteiger partial charge in [-0.1, -0.05) is 38.0 Å². The molecule has 0 radical (unpaired) electrons. The first-order valence-corrected chi connectivity index (χ1v) is 6.57. The molecule has 1 fully saturated rings. The summed E-state index contributed by atoms with van der Waals surface area (Å²) < 4.78 is 3.41. The zero-order valence-corrected chi connectivity index (χ0v) is 10.7. The van der Waals surface area contributed by atoms with Crippen molar-refractivity contribution in [3.63, 3.8) is 0 Å². The predicted molar refractivity (Wildman–Crippen MR) is 69.2 cm³/mol. The lowest BCUT2D eigenvalue weighted by molar-refractivity contribution is 0.969. The second-order valence-corrected chi connectivity index (χ2v) is 4.93. The summed E-state index contributed by atoms with van der Waals surface area (Å²) in [5.41, 5.74) is 1.32. The van der Waals surface area contributed by atoms with E-state index < -0.39 is 0 Å². The fourth-order valence-electron chi connectivity index (χ4n) is 0.959. The molecule has 0 unspecified atom stereocenters. The maximum Gasteiger partial charge on any atom is 0.0228 e. The Bertz CT molecular complexity index is 264. The van der Waals surface area contributed by atoms with E-state index in [1.54, 1.807) is 11.9 Å². The van der Waals surface area contributed by atoms with Crippen LogP contribution in [-0.4, -0.2) is 6.04 Å². The first-order chi connectivity index (χ1) is 7.26. The van der Waals surface area contributed by atoms with Gasteiger partial charge in [0, 0.05) is 10.9 Å². The van der Waals surface area contributed by atoms with Gasteiger partial charge in [-0.3, -0.25) is 4.72 Å². The van der Waals surface area contributed by atoms with Crippen LogP contribution in [0.2, 0.25) is 0 Å². The van der Waals surface area contributed by atoms with Crippen LogP contribution in [0.1, 0.15) is 38.7 Å². The third-order valence-corrected chi connectivity index (χ3v) is 2.90. The summed E-state index contributed by atoms with van der Waals surface area (Å²) >= 11 is 1.75. The Labute approximate surface area is 97.8 Å². The third kappa shape index (κ3) is 5.85. The van der Waals surface area contributed by atoms with Crippen molar-refractivity contribution in [3.05, 3.63) is 29.8 Å². The molecule has 0 aromatic heterocycles. The number of hydrogen-bond acceptors (Lipinski definition) is 2. The smallest absolute Gasteiger partial charge is 0.0228 e. The Balaban J connectivity index is 0.000000337. The molecule has 0 amide bonds. The molecular weight excluding hydrogens is 202 g/mol. The molecule has 1 aromatic rings. The molecular formula is C13H21NS. The van der Waals surface area contributed by atoms with Crippen molar-refractivity contribution in [1.82, 2.24) is 4.72 Å². The Morgan fingerprint density at radius 3 is 2.20 bits per heavy atom. The molecule has 0 atom stereocenters. The molecule has 1 saturated carbocycles. The largest absolute Gasteiger partial charge is 0.257 e. The summed E-state index contributed by atoms with van der Waals surface area (Å²) in [5, 5.41) is 0. The molecule has 0 spiro atoms. The van der Waals surface area contributed by atoms with Crippen molar-refractivity contribution in [2.24, 2.45) is 0 Å². The SMILES string of the molecule is CCC.Cc1ccc(SNC2CC2)cc1. The molecule has 15 heavy (non-hydrogen) atoms. The van der Waals surface area contributed by atoms with Gasteiger partial charge in [-0.2, -0.15) is 0 Å². The second-order valence-electron chi connectivity index (χ2n) is 4.01. The topological polar surface area (TPSA) is 12.0 Å². The molecule has 0 saturated heterocycles. The van der Waals surface area contributed by atoms with E-state index in [1.165, 1.54) is 29.7 Å². The Morgan fingerprint density at radius 2 is 1.73 bits per heavy atom. The third-order valence-electron chi connectivity index (χ3n) is 1.94. The second kappa shape index (κ2) is 6.91. The first kappa shape index (κ1) is 12.6. The van der Waals surface area contributed by atoms with Crippen LogP contribution < -0.4 is 4.72 Å². The fourth-order valence-corrected chi connectivity index (χ4v) is 1.77. The average molecular weight is 223 g/mol. The maximum atomic E-state index is 3.41. The Hall–Kier alpha value is -0.470. The van der Waals surface area contributed by atoms with Gasteiger partial charge in [0.1, 0.15) is 0 Å². The van der Waals surface area contributed by atoms with E-state index in [-0.39, 0.29) is 0 Å². The molecule has 2 heteroatoms. The van der Waals surface area contributed by atoms with Crippen LogP contribution >= 0.6 is 11.9 Å². The van der Waals surface area contributed by atoms with Crippen molar-refractivity contribution in [2.75, 3.05) is 0 Å². The van der Waals surface area contributed by atoms with Crippen molar-refractivity contribution < 1.29 is 0 Å². The minimum absolute atomic E-state index is 0.774. The number of nitrogens with one attached hydrogen (secondary N) is 1. The highest BCUT2D eigenvalue weighted by molar-refractivity contribution is 7.97. The van der Waals surface area contributed by atoms with Crippen LogP contribution in [0, 0.1) is 6.92 Å². The number of benzene rings is 1. The van der Waals surface area contributed by atoms with Gasteiger partial charge in [-0.05, 0) is 43.8 Å². The standard InChI is InChI=1S/C10H13NS.C3H8/c1-8-2-6-10(7-3-8)12-11-9-4-5-9;1-3-2/h2-3,6-7,9,11H,4-5H2,1H3;3H2,1-2H3. The highest BCUT2D eigenvalue weighted by Crippen LogP contribution is 2.25. The molecule has 84 valence electrons. The highest BCUT2D eigenvalue weighted by atomic mass is 32.2. The first-order valence-electron chi connectivity index (χ1n) is 5.75. The summed E-state index contributed by atoms with van der Waals surface area (Å²) in [6.45, 7) is 6.36. The summed E-state index contributed by atoms with van der Waals surface area (Å²) in [4.78, 5) is 1.31. The van der Waals surface area contributed by atoms with Gasteiger partial charge in [0.25, 0.3) is 0 Å². The summed E-state index contributed by atoms with van der Waals surface area (Å²) in [5.74, 6) is 0. The van der Waals surface area contributed by atoms with Gasteiger partial charge in [0.2, 0.25) is 0 Å². The van der Waals surface area contributed by atoms with Crippen molar-refractivity contribution in [1.29, 1.82) is 0 Å². The molecule has 1 N–H and O–H groups in total. The molecule has 0 aliphatic heterocycles. The molecule has 1 aromatic carbocycles. The molecule has 1 aliphatic carbocycles. The van der Waals surface area contributed by atoms with Crippen LogP contribution in [0.25, 0.3) is 0 Å². The molecule has 0 heterocycles. The highest BCUT2D eigenvalue weighted by Gasteiger charge is 2.20. The minimum Gasteiger partial charge on any atom is -0.257 e. The molecule has 0 bridgehead atoms. The normalized spacial score (nSPS) is 14.3. The lowest BCUT2D eigenvalue weighted by Crippen LogP contribution is -2.04. The van der Waals surface area contributed by atoms with Gasteiger partial charge < -0.3 is 0 Å². The maximum absolute atomic E-state index is 3.41. The monoisotopic (exact) mass is 223 g/mol. The van der Waals surface area contributed by atoms with Gasteiger partial charge >= 0.3 is 0 Å². The number of rotatable bonds is 3. The van der Waals surface area contributed by atoms with E-state index in [0.717, 1.165) is 6.04 Å². The zero-order valence-electron chi connectivity index (χ0n) is 9.92. The summed E-state index contributed by atoms with van der Waals surface area (Å²) in [6, 6.07) is 9.40. The fraction of sp³-hybridized carbons (Fsp3) is 0.538. The van der Waals surface area contributed by atoms with Crippen LogP contribution in [0.4, 0.5) is 0 Å². The van der Waals surface area contributed by atoms with Gasteiger partial charge in [-0.25, -0.2) is 0 Å². The van der Waals surface area contributed by atoms with E-state index >= 15 is 0 Å². The van der Waals surface area contributed by atoms with Crippen LogP contribution in [-0.2, 0) is 0 Å². The summed E-state index contributed by atoms with van der Waals surface area (Å²) in [6.07, 6.45) is 3.94. The predicted octanol–water partition coefficient (Wildman–Crippen LogP) is 4.17.